The molecule has 1 aromatic rings. The second-order valence-electron chi connectivity index (χ2n) is 3.74. The summed E-state index contributed by atoms with van der Waals surface area (Å²) < 4.78 is 35.9. The predicted molar refractivity (Wildman–Crippen MR) is 62.2 cm³/mol. The second-order valence-corrected chi connectivity index (χ2v) is 6.28. The number of halogens is 2. The Kier molecular flexibility index (Phi) is 3.78. The number of rotatable bonds is 2. The maximum absolute atomic E-state index is 13.6. The van der Waals surface area contributed by atoms with Gasteiger partial charge in [-0.25, -0.2) is 12.8 Å². The Morgan fingerprint density at radius 2 is 1.88 bits per heavy atom. The van der Waals surface area contributed by atoms with E-state index in [0.29, 0.717) is 0 Å². The molecule has 0 saturated carbocycles. The van der Waals surface area contributed by atoms with Gasteiger partial charge >= 0.3 is 0 Å². The van der Waals surface area contributed by atoms with Crippen molar-refractivity contribution >= 4 is 25.6 Å². The molecule has 0 aliphatic heterocycles. The fourth-order valence-electron chi connectivity index (χ4n) is 1.30. The van der Waals surface area contributed by atoms with Gasteiger partial charge in [-0.3, -0.25) is 4.79 Å². The number of carbonyl (C=O) groups is 1. The van der Waals surface area contributed by atoms with Crippen LogP contribution >= 0.6 is 10.7 Å². The van der Waals surface area contributed by atoms with Crippen LogP contribution in [-0.4, -0.2) is 33.3 Å². The van der Waals surface area contributed by atoms with Crippen LogP contribution in [0.25, 0.3) is 0 Å². The number of hydrogen-bond acceptors (Lipinski definition) is 3. The highest BCUT2D eigenvalue weighted by molar-refractivity contribution is 8.13. The molecule has 1 amide bonds. The molecule has 0 bridgehead atoms. The zero-order valence-electron chi connectivity index (χ0n) is 9.49. The topological polar surface area (TPSA) is 54.5 Å². The predicted octanol–water partition coefficient (Wildman–Crippen LogP) is 1.76. The molecule has 0 radical (unpaired) electrons. The van der Waals surface area contributed by atoms with Crippen LogP contribution in [0.1, 0.15) is 15.9 Å². The van der Waals surface area contributed by atoms with Crippen LogP contribution in [0.15, 0.2) is 17.0 Å². The van der Waals surface area contributed by atoms with E-state index in [1.54, 1.807) is 0 Å². The summed E-state index contributed by atoms with van der Waals surface area (Å²) in [6.45, 7) is 1.37. The third-order valence-corrected chi connectivity index (χ3v) is 3.46. The van der Waals surface area contributed by atoms with Gasteiger partial charge in [-0.2, -0.15) is 0 Å². The number of aryl methyl sites for hydroxylation is 1. The average molecular weight is 280 g/mol. The molecular weight excluding hydrogens is 269 g/mol. The van der Waals surface area contributed by atoms with Crippen molar-refractivity contribution < 1.29 is 17.6 Å². The largest absolute Gasteiger partial charge is 0.345 e. The van der Waals surface area contributed by atoms with Gasteiger partial charge in [-0.1, -0.05) is 0 Å². The van der Waals surface area contributed by atoms with Crippen LogP contribution < -0.4 is 0 Å². The van der Waals surface area contributed by atoms with Crippen molar-refractivity contribution in [3.63, 3.8) is 0 Å². The first kappa shape index (κ1) is 13.9. The van der Waals surface area contributed by atoms with Gasteiger partial charge in [-0.05, 0) is 24.6 Å². The molecule has 0 heterocycles. The Labute approximate surface area is 103 Å². The first-order valence-corrected chi connectivity index (χ1v) is 6.92. The zero-order valence-corrected chi connectivity index (χ0v) is 11.1. The van der Waals surface area contributed by atoms with E-state index < -0.39 is 25.7 Å². The van der Waals surface area contributed by atoms with E-state index >= 15 is 0 Å². The maximum Gasteiger partial charge on any atom is 0.264 e. The van der Waals surface area contributed by atoms with Gasteiger partial charge in [0.1, 0.15) is 10.7 Å². The average Bonchev–Trinajstić information content (AvgIpc) is 2.18. The van der Waals surface area contributed by atoms with E-state index in [0.717, 1.165) is 6.07 Å². The summed E-state index contributed by atoms with van der Waals surface area (Å²) in [4.78, 5) is 12.2. The summed E-state index contributed by atoms with van der Waals surface area (Å²) in [6.07, 6.45) is 0. The Hall–Kier alpha value is -1.14. The van der Waals surface area contributed by atoms with Gasteiger partial charge in [0, 0.05) is 30.3 Å². The van der Waals surface area contributed by atoms with Crippen molar-refractivity contribution in [2.24, 2.45) is 0 Å². The van der Waals surface area contributed by atoms with Gasteiger partial charge in [0.15, 0.2) is 0 Å². The highest BCUT2D eigenvalue weighted by Crippen LogP contribution is 2.23. The Bertz CT molecular complexity index is 569. The minimum absolute atomic E-state index is 0.0527. The Morgan fingerprint density at radius 1 is 1.35 bits per heavy atom. The molecule has 1 rings (SSSR count). The van der Waals surface area contributed by atoms with Crippen molar-refractivity contribution in [1.29, 1.82) is 0 Å². The minimum Gasteiger partial charge on any atom is -0.345 e. The van der Waals surface area contributed by atoms with Gasteiger partial charge in [-0.15, -0.1) is 0 Å². The Morgan fingerprint density at radius 3 is 2.29 bits per heavy atom. The van der Waals surface area contributed by atoms with Crippen molar-refractivity contribution in [3.8, 4) is 0 Å². The van der Waals surface area contributed by atoms with Crippen molar-refractivity contribution in [2.45, 2.75) is 11.8 Å². The minimum atomic E-state index is -4.21. The molecule has 0 N–H and O–H groups in total. The Balaban J connectivity index is 3.50. The molecule has 0 aliphatic rings. The van der Waals surface area contributed by atoms with Gasteiger partial charge in [0.25, 0.3) is 15.0 Å². The molecule has 94 valence electrons. The van der Waals surface area contributed by atoms with E-state index in [2.05, 4.69) is 0 Å². The van der Waals surface area contributed by atoms with E-state index in [1.165, 1.54) is 32.0 Å². The first-order valence-electron chi connectivity index (χ1n) is 4.61. The number of nitrogens with zero attached hydrogens (tertiary/aromatic N) is 1. The molecule has 0 aliphatic carbocycles. The molecule has 0 aromatic heterocycles. The van der Waals surface area contributed by atoms with Gasteiger partial charge < -0.3 is 4.90 Å². The monoisotopic (exact) mass is 279 g/mol. The highest BCUT2D eigenvalue weighted by atomic mass is 35.7. The number of carbonyl (C=O) groups excluding carboxylic acids is 1. The van der Waals surface area contributed by atoms with Crippen LogP contribution in [0.3, 0.4) is 0 Å². The lowest BCUT2D eigenvalue weighted by Gasteiger charge is -2.12. The van der Waals surface area contributed by atoms with Crippen molar-refractivity contribution in [3.05, 3.63) is 29.1 Å². The smallest absolute Gasteiger partial charge is 0.264 e. The summed E-state index contributed by atoms with van der Waals surface area (Å²) in [5, 5.41) is 0. The molecule has 0 fully saturated rings. The molecule has 0 unspecified atom stereocenters. The third-order valence-electron chi connectivity index (χ3n) is 2.14. The quantitative estimate of drug-likeness (QED) is 0.775. The molecule has 4 nitrogen and oxygen atoms in total. The molecule has 0 saturated heterocycles. The summed E-state index contributed by atoms with van der Waals surface area (Å²) in [6, 6.07) is 2.22. The van der Waals surface area contributed by atoms with E-state index in [-0.39, 0.29) is 11.1 Å². The second kappa shape index (κ2) is 4.62. The van der Waals surface area contributed by atoms with Gasteiger partial charge in [0.2, 0.25) is 0 Å². The SMILES string of the molecule is Cc1cc(C(=O)N(C)C)cc(S(=O)(=O)Cl)c1F. The lowest BCUT2D eigenvalue weighted by atomic mass is 10.1. The fraction of sp³-hybridized carbons (Fsp3) is 0.300. The lowest BCUT2D eigenvalue weighted by molar-refractivity contribution is 0.0827. The van der Waals surface area contributed by atoms with Crippen LogP contribution in [0.5, 0.6) is 0 Å². The first-order chi connectivity index (χ1) is 7.64. The van der Waals surface area contributed by atoms with Gasteiger partial charge in [0.05, 0.1) is 0 Å². The van der Waals surface area contributed by atoms with E-state index in [4.69, 9.17) is 10.7 Å². The van der Waals surface area contributed by atoms with Crippen molar-refractivity contribution in [2.75, 3.05) is 14.1 Å². The molecule has 0 atom stereocenters. The highest BCUT2D eigenvalue weighted by Gasteiger charge is 2.21. The molecule has 17 heavy (non-hydrogen) atoms. The fourth-order valence-corrected chi connectivity index (χ4v) is 2.28. The van der Waals surface area contributed by atoms with Crippen LogP contribution in [0, 0.1) is 12.7 Å². The zero-order chi connectivity index (χ0) is 13.4. The molecule has 1 aromatic carbocycles. The maximum atomic E-state index is 13.6. The van der Waals surface area contributed by atoms with E-state index in [1.807, 2.05) is 0 Å². The number of amides is 1. The van der Waals surface area contributed by atoms with E-state index in [9.17, 15) is 17.6 Å². The lowest BCUT2D eigenvalue weighted by Crippen LogP contribution is -2.22. The summed E-state index contributed by atoms with van der Waals surface area (Å²) in [5.41, 5.74) is 0.130. The standard InChI is InChI=1S/C10H11ClFNO3S/c1-6-4-7(10(14)13(2)3)5-8(9(6)12)17(11,15)16/h4-5H,1-3H3. The van der Waals surface area contributed by atoms with Crippen LogP contribution in [0.4, 0.5) is 4.39 Å². The third kappa shape index (κ3) is 2.95. The van der Waals surface area contributed by atoms with Crippen LogP contribution in [0.2, 0.25) is 0 Å². The normalized spacial score (nSPS) is 11.4. The molecule has 7 heteroatoms. The number of hydrogen-bond donors (Lipinski definition) is 0. The number of benzene rings is 1. The van der Waals surface area contributed by atoms with Crippen molar-refractivity contribution in [1.82, 2.24) is 4.90 Å². The molecule has 0 spiro atoms. The summed E-state index contributed by atoms with van der Waals surface area (Å²) in [5.74, 6) is -1.36. The summed E-state index contributed by atoms with van der Waals surface area (Å²) >= 11 is 0. The summed E-state index contributed by atoms with van der Waals surface area (Å²) in [7, 11) is 3.91. The van der Waals surface area contributed by atoms with Crippen LogP contribution in [-0.2, 0) is 9.05 Å². The molecular formula is C10H11ClFNO3S.